The molecule has 2 aromatic rings. The van der Waals surface area contributed by atoms with E-state index in [4.69, 9.17) is 16.3 Å². The van der Waals surface area contributed by atoms with Gasteiger partial charge in [0.1, 0.15) is 11.5 Å². The first-order valence-corrected chi connectivity index (χ1v) is 6.24. The predicted molar refractivity (Wildman–Crippen MR) is 75.5 cm³/mol. The van der Waals surface area contributed by atoms with E-state index >= 15 is 0 Å². The zero-order valence-electron chi connectivity index (χ0n) is 10.5. The molecule has 2 rings (SSSR count). The lowest BCUT2D eigenvalue weighted by Gasteiger charge is -2.09. The van der Waals surface area contributed by atoms with Gasteiger partial charge < -0.3 is 10.1 Å². The van der Waals surface area contributed by atoms with Crippen molar-refractivity contribution in [2.45, 2.75) is 13.5 Å². The topological polar surface area (TPSA) is 21.3 Å². The second kappa shape index (κ2) is 5.89. The molecule has 0 unspecified atom stereocenters. The summed E-state index contributed by atoms with van der Waals surface area (Å²) in [6.45, 7) is 2.95. The van der Waals surface area contributed by atoms with E-state index in [1.807, 2.05) is 43.4 Å². The van der Waals surface area contributed by atoms with Gasteiger partial charge in [0.25, 0.3) is 0 Å². The van der Waals surface area contributed by atoms with Crippen molar-refractivity contribution < 1.29 is 4.74 Å². The van der Waals surface area contributed by atoms with Gasteiger partial charge in [0, 0.05) is 11.6 Å². The molecule has 0 aliphatic rings. The Hall–Kier alpha value is -1.51. The minimum Gasteiger partial charge on any atom is -0.457 e. The summed E-state index contributed by atoms with van der Waals surface area (Å²) in [5, 5.41) is 3.86. The zero-order valence-corrected chi connectivity index (χ0v) is 11.3. The third kappa shape index (κ3) is 3.25. The van der Waals surface area contributed by atoms with Crippen molar-refractivity contribution in [1.82, 2.24) is 5.32 Å². The number of ether oxygens (including phenoxy) is 1. The molecule has 0 saturated carbocycles. The Bertz CT molecular complexity index is 523. The Morgan fingerprint density at radius 2 is 1.72 bits per heavy atom. The van der Waals surface area contributed by atoms with Gasteiger partial charge in [0.05, 0.1) is 0 Å². The Morgan fingerprint density at radius 1 is 1.06 bits per heavy atom. The molecule has 0 spiro atoms. The van der Waals surface area contributed by atoms with Gasteiger partial charge in [0.15, 0.2) is 0 Å². The Labute approximate surface area is 113 Å². The smallest absolute Gasteiger partial charge is 0.127 e. The molecule has 0 aliphatic heterocycles. The van der Waals surface area contributed by atoms with Gasteiger partial charge in [-0.05, 0) is 61.5 Å². The van der Waals surface area contributed by atoms with Crippen LogP contribution in [0.25, 0.3) is 0 Å². The summed E-state index contributed by atoms with van der Waals surface area (Å²) in [6.07, 6.45) is 0. The standard InChI is InChI=1S/C15H16ClNO/c1-11-9-15(6-3-12(11)10-17-2)18-14-7-4-13(16)5-8-14/h3-9,17H,10H2,1-2H3. The van der Waals surface area contributed by atoms with Gasteiger partial charge in [-0.1, -0.05) is 17.7 Å². The van der Waals surface area contributed by atoms with Gasteiger partial charge in [0.2, 0.25) is 0 Å². The van der Waals surface area contributed by atoms with Crippen molar-refractivity contribution in [1.29, 1.82) is 0 Å². The quantitative estimate of drug-likeness (QED) is 0.892. The monoisotopic (exact) mass is 261 g/mol. The predicted octanol–water partition coefficient (Wildman–Crippen LogP) is 4.16. The number of hydrogen-bond donors (Lipinski definition) is 1. The fourth-order valence-corrected chi connectivity index (χ4v) is 1.89. The van der Waals surface area contributed by atoms with Crippen LogP contribution in [0.4, 0.5) is 0 Å². The summed E-state index contributed by atoms with van der Waals surface area (Å²) in [5.74, 6) is 1.63. The maximum absolute atomic E-state index is 5.83. The Kier molecular flexibility index (Phi) is 4.24. The fourth-order valence-electron chi connectivity index (χ4n) is 1.76. The van der Waals surface area contributed by atoms with Crippen molar-refractivity contribution >= 4 is 11.6 Å². The summed E-state index contributed by atoms with van der Waals surface area (Å²) in [5.41, 5.74) is 2.50. The molecule has 0 amide bonds. The molecule has 0 aliphatic carbocycles. The average molecular weight is 262 g/mol. The van der Waals surface area contributed by atoms with Crippen LogP contribution in [-0.2, 0) is 6.54 Å². The average Bonchev–Trinajstić information content (AvgIpc) is 2.36. The number of aryl methyl sites for hydroxylation is 1. The molecule has 1 N–H and O–H groups in total. The number of nitrogens with one attached hydrogen (secondary N) is 1. The SMILES string of the molecule is CNCc1ccc(Oc2ccc(Cl)cc2)cc1C. The number of hydrogen-bond acceptors (Lipinski definition) is 2. The first-order chi connectivity index (χ1) is 8.69. The highest BCUT2D eigenvalue weighted by atomic mass is 35.5. The largest absolute Gasteiger partial charge is 0.457 e. The van der Waals surface area contributed by atoms with E-state index in [9.17, 15) is 0 Å². The van der Waals surface area contributed by atoms with Gasteiger partial charge >= 0.3 is 0 Å². The van der Waals surface area contributed by atoms with Gasteiger partial charge in [-0.2, -0.15) is 0 Å². The first kappa shape index (κ1) is 12.9. The van der Waals surface area contributed by atoms with Crippen LogP contribution < -0.4 is 10.1 Å². The summed E-state index contributed by atoms with van der Waals surface area (Å²) < 4.78 is 5.77. The molecule has 2 aromatic carbocycles. The lowest BCUT2D eigenvalue weighted by Crippen LogP contribution is -2.06. The molecule has 0 fully saturated rings. The second-order valence-electron chi connectivity index (χ2n) is 4.17. The second-order valence-corrected chi connectivity index (χ2v) is 4.61. The minimum absolute atomic E-state index is 0.711. The summed E-state index contributed by atoms with van der Waals surface area (Å²) in [4.78, 5) is 0. The summed E-state index contributed by atoms with van der Waals surface area (Å²) in [7, 11) is 1.94. The van der Waals surface area contributed by atoms with E-state index in [-0.39, 0.29) is 0 Å². The van der Waals surface area contributed by atoms with E-state index in [2.05, 4.69) is 18.3 Å². The van der Waals surface area contributed by atoms with Crippen LogP contribution in [0.5, 0.6) is 11.5 Å². The van der Waals surface area contributed by atoms with E-state index in [0.29, 0.717) is 5.02 Å². The molecular formula is C15H16ClNO. The van der Waals surface area contributed by atoms with Gasteiger partial charge in [-0.15, -0.1) is 0 Å². The van der Waals surface area contributed by atoms with Crippen molar-refractivity contribution in [3.05, 3.63) is 58.6 Å². The highest BCUT2D eigenvalue weighted by molar-refractivity contribution is 6.30. The van der Waals surface area contributed by atoms with E-state index in [0.717, 1.165) is 18.0 Å². The number of rotatable bonds is 4. The van der Waals surface area contributed by atoms with Crippen LogP contribution in [-0.4, -0.2) is 7.05 Å². The molecule has 0 saturated heterocycles. The van der Waals surface area contributed by atoms with E-state index in [1.165, 1.54) is 11.1 Å². The third-order valence-electron chi connectivity index (χ3n) is 2.73. The van der Waals surface area contributed by atoms with Crippen molar-refractivity contribution in [3.8, 4) is 11.5 Å². The lowest BCUT2D eigenvalue weighted by molar-refractivity contribution is 0.482. The normalized spacial score (nSPS) is 10.4. The molecule has 0 aromatic heterocycles. The van der Waals surface area contributed by atoms with E-state index < -0.39 is 0 Å². The summed E-state index contributed by atoms with van der Waals surface area (Å²) >= 11 is 5.83. The van der Waals surface area contributed by atoms with Crippen LogP contribution in [0.2, 0.25) is 5.02 Å². The van der Waals surface area contributed by atoms with Crippen LogP contribution in [0.3, 0.4) is 0 Å². The van der Waals surface area contributed by atoms with Crippen LogP contribution in [0.1, 0.15) is 11.1 Å². The fraction of sp³-hybridized carbons (Fsp3) is 0.200. The van der Waals surface area contributed by atoms with Crippen molar-refractivity contribution in [3.63, 3.8) is 0 Å². The van der Waals surface area contributed by atoms with Crippen LogP contribution in [0.15, 0.2) is 42.5 Å². The number of benzene rings is 2. The number of halogens is 1. The molecular weight excluding hydrogens is 246 g/mol. The molecule has 18 heavy (non-hydrogen) atoms. The van der Waals surface area contributed by atoms with E-state index in [1.54, 1.807) is 0 Å². The van der Waals surface area contributed by atoms with Gasteiger partial charge in [-0.25, -0.2) is 0 Å². The molecule has 0 radical (unpaired) electrons. The van der Waals surface area contributed by atoms with Crippen LogP contribution in [0, 0.1) is 6.92 Å². The highest BCUT2D eigenvalue weighted by Crippen LogP contribution is 2.25. The molecule has 94 valence electrons. The van der Waals surface area contributed by atoms with Crippen LogP contribution >= 0.6 is 11.6 Å². The summed E-state index contributed by atoms with van der Waals surface area (Å²) in [6, 6.07) is 13.5. The molecule has 0 heterocycles. The minimum atomic E-state index is 0.711. The van der Waals surface area contributed by atoms with Gasteiger partial charge in [-0.3, -0.25) is 0 Å². The first-order valence-electron chi connectivity index (χ1n) is 5.86. The van der Waals surface area contributed by atoms with Crippen molar-refractivity contribution in [2.24, 2.45) is 0 Å². The van der Waals surface area contributed by atoms with Crippen molar-refractivity contribution in [2.75, 3.05) is 7.05 Å². The molecule has 2 nitrogen and oxygen atoms in total. The lowest BCUT2D eigenvalue weighted by atomic mass is 10.1. The Morgan fingerprint density at radius 3 is 2.33 bits per heavy atom. The highest BCUT2D eigenvalue weighted by Gasteiger charge is 2.01. The molecule has 0 atom stereocenters. The maximum atomic E-state index is 5.83. The third-order valence-corrected chi connectivity index (χ3v) is 2.98. The molecule has 0 bridgehead atoms. The molecule has 3 heteroatoms. The Balaban J connectivity index is 2.14. The zero-order chi connectivity index (χ0) is 13.0. The maximum Gasteiger partial charge on any atom is 0.127 e.